The highest BCUT2D eigenvalue weighted by molar-refractivity contribution is 6.29. The Morgan fingerprint density at radius 1 is 1.53 bits per heavy atom. The van der Waals surface area contributed by atoms with Gasteiger partial charge in [-0.3, -0.25) is 4.79 Å². The summed E-state index contributed by atoms with van der Waals surface area (Å²) >= 11 is 5.89. The van der Waals surface area contributed by atoms with E-state index in [9.17, 15) is 4.79 Å². The fraction of sp³-hybridized carbons (Fsp3) is 0.583. The number of amides is 1. The minimum absolute atomic E-state index is 0.121. The van der Waals surface area contributed by atoms with E-state index in [4.69, 9.17) is 16.3 Å². The summed E-state index contributed by atoms with van der Waals surface area (Å²) in [6.07, 6.45) is 0.684. The second kappa shape index (κ2) is 7.91. The molecule has 106 valence electrons. The Balaban J connectivity index is 2.58. The van der Waals surface area contributed by atoms with Gasteiger partial charge >= 0.3 is 0 Å². The van der Waals surface area contributed by atoms with Gasteiger partial charge in [-0.25, -0.2) is 9.97 Å². The number of carbonyl (C=O) groups excluding carboxylic acids is 1. The van der Waals surface area contributed by atoms with Gasteiger partial charge in [0.25, 0.3) is 0 Å². The molecule has 0 aromatic carbocycles. The molecule has 6 nitrogen and oxygen atoms in total. The van der Waals surface area contributed by atoms with Gasteiger partial charge in [0.2, 0.25) is 5.91 Å². The van der Waals surface area contributed by atoms with Gasteiger partial charge in [0.05, 0.1) is 6.61 Å². The Hall–Kier alpha value is -1.40. The standard InChI is InChI=1S/C12H19ClN4O2/c1-4-10-16-9(13)7-11(17-10)15-8(2)12(18)14-5-6-19-3/h7-8H,4-6H2,1-3H3,(H,14,18)(H,15,16,17). The van der Waals surface area contributed by atoms with Crippen LogP contribution in [0.25, 0.3) is 0 Å². The molecule has 0 aliphatic heterocycles. The van der Waals surface area contributed by atoms with E-state index in [1.165, 1.54) is 0 Å². The quantitative estimate of drug-likeness (QED) is 0.583. The van der Waals surface area contributed by atoms with Crippen LogP contribution in [0.2, 0.25) is 5.15 Å². The zero-order valence-corrected chi connectivity index (χ0v) is 12.1. The molecule has 0 saturated heterocycles. The molecule has 1 rings (SSSR count). The molecule has 1 amide bonds. The van der Waals surface area contributed by atoms with Crippen molar-refractivity contribution in [1.82, 2.24) is 15.3 Å². The predicted octanol–water partition coefficient (Wildman–Crippen LogP) is 1.26. The van der Waals surface area contributed by atoms with Crippen LogP contribution < -0.4 is 10.6 Å². The van der Waals surface area contributed by atoms with Crippen molar-refractivity contribution in [2.75, 3.05) is 25.6 Å². The van der Waals surface area contributed by atoms with Crippen molar-refractivity contribution in [3.63, 3.8) is 0 Å². The molecule has 0 aliphatic carbocycles. The lowest BCUT2D eigenvalue weighted by Gasteiger charge is -2.15. The van der Waals surface area contributed by atoms with Crippen molar-refractivity contribution in [3.8, 4) is 0 Å². The minimum atomic E-state index is -0.410. The van der Waals surface area contributed by atoms with E-state index in [1.54, 1.807) is 20.1 Å². The molecule has 19 heavy (non-hydrogen) atoms. The third-order valence-corrected chi connectivity index (χ3v) is 2.61. The summed E-state index contributed by atoms with van der Waals surface area (Å²) in [6.45, 7) is 4.66. The smallest absolute Gasteiger partial charge is 0.242 e. The van der Waals surface area contributed by atoms with Gasteiger partial charge in [-0.15, -0.1) is 0 Å². The van der Waals surface area contributed by atoms with E-state index >= 15 is 0 Å². The van der Waals surface area contributed by atoms with Crippen LogP contribution in [0.4, 0.5) is 5.82 Å². The third-order valence-electron chi connectivity index (χ3n) is 2.42. The summed E-state index contributed by atoms with van der Waals surface area (Å²) in [4.78, 5) is 20.1. The number of aromatic nitrogens is 2. The highest BCUT2D eigenvalue weighted by Crippen LogP contribution is 2.12. The van der Waals surface area contributed by atoms with Crippen molar-refractivity contribution in [2.45, 2.75) is 26.3 Å². The van der Waals surface area contributed by atoms with E-state index in [-0.39, 0.29) is 5.91 Å². The van der Waals surface area contributed by atoms with Gasteiger partial charge in [0, 0.05) is 26.1 Å². The van der Waals surface area contributed by atoms with Crippen molar-refractivity contribution < 1.29 is 9.53 Å². The Labute approximate surface area is 117 Å². The first-order chi connectivity index (χ1) is 9.06. The molecule has 1 aromatic heterocycles. The van der Waals surface area contributed by atoms with Crippen LogP contribution in [0.3, 0.4) is 0 Å². The topological polar surface area (TPSA) is 76.1 Å². The summed E-state index contributed by atoms with van der Waals surface area (Å²) in [5, 5.41) is 6.10. The number of nitrogens with zero attached hydrogens (tertiary/aromatic N) is 2. The lowest BCUT2D eigenvalue weighted by molar-refractivity contribution is -0.121. The SMILES string of the molecule is CCc1nc(Cl)cc(NC(C)C(=O)NCCOC)n1. The van der Waals surface area contributed by atoms with Crippen molar-refractivity contribution in [1.29, 1.82) is 0 Å². The van der Waals surface area contributed by atoms with E-state index in [0.29, 0.717) is 36.4 Å². The molecule has 0 saturated carbocycles. The van der Waals surface area contributed by atoms with Crippen LogP contribution in [-0.2, 0) is 16.0 Å². The average molecular weight is 287 g/mol. The number of methoxy groups -OCH3 is 1. The molecule has 0 bridgehead atoms. The number of anilines is 1. The third kappa shape index (κ3) is 5.40. The van der Waals surface area contributed by atoms with Crippen LogP contribution in [0, 0.1) is 0 Å². The first-order valence-corrected chi connectivity index (χ1v) is 6.51. The molecular formula is C12H19ClN4O2. The molecule has 2 N–H and O–H groups in total. The normalized spacial score (nSPS) is 12.0. The van der Waals surface area contributed by atoms with Crippen molar-refractivity contribution >= 4 is 23.3 Å². The van der Waals surface area contributed by atoms with Crippen LogP contribution >= 0.6 is 11.6 Å². The molecule has 0 radical (unpaired) electrons. The Bertz CT molecular complexity index is 428. The second-order valence-corrected chi connectivity index (χ2v) is 4.38. The number of hydrogen-bond acceptors (Lipinski definition) is 5. The highest BCUT2D eigenvalue weighted by atomic mass is 35.5. The molecule has 0 aliphatic rings. The molecular weight excluding hydrogens is 268 g/mol. The summed E-state index contributed by atoms with van der Waals surface area (Å²) < 4.78 is 4.86. The molecule has 7 heteroatoms. The van der Waals surface area contributed by atoms with Gasteiger partial charge in [-0.2, -0.15) is 0 Å². The van der Waals surface area contributed by atoms with Crippen molar-refractivity contribution in [3.05, 3.63) is 17.0 Å². The van der Waals surface area contributed by atoms with Gasteiger partial charge in [0.15, 0.2) is 0 Å². The maximum atomic E-state index is 11.8. The lowest BCUT2D eigenvalue weighted by atomic mass is 10.3. The maximum absolute atomic E-state index is 11.8. The molecule has 1 unspecified atom stereocenters. The second-order valence-electron chi connectivity index (χ2n) is 4.00. The number of aryl methyl sites for hydroxylation is 1. The molecule has 0 spiro atoms. The lowest BCUT2D eigenvalue weighted by Crippen LogP contribution is -2.39. The summed E-state index contributed by atoms with van der Waals surface area (Å²) in [7, 11) is 1.59. The Morgan fingerprint density at radius 2 is 2.26 bits per heavy atom. The minimum Gasteiger partial charge on any atom is -0.383 e. The summed E-state index contributed by atoms with van der Waals surface area (Å²) in [5.74, 6) is 1.07. The zero-order valence-electron chi connectivity index (χ0n) is 11.4. The van der Waals surface area contributed by atoms with Gasteiger partial charge < -0.3 is 15.4 Å². The van der Waals surface area contributed by atoms with E-state index in [0.717, 1.165) is 0 Å². The first-order valence-electron chi connectivity index (χ1n) is 6.13. The zero-order chi connectivity index (χ0) is 14.3. The Morgan fingerprint density at radius 3 is 2.89 bits per heavy atom. The number of carbonyl (C=O) groups is 1. The Kier molecular flexibility index (Phi) is 6.52. The van der Waals surface area contributed by atoms with E-state index in [2.05, 4.69) is 20.6 Å². The summed E-state index contributed by atoms with van der Waals surface area (Å²) in [5.41, 5.74) is 0. The van der Waals surface area contributed by atoms with E-state index in [1.807, 2.05) is 6.92 Å². The highest BCUT2D eigenvalue weighted by Gasteiger charge is 2.13. The largest absolute Gasteiger partial charge is 0.383 e. The molecule has 0 fully saturated rings. The number of hydrogen-bond donors (Lipinski definition) is 2. The van der Waals surface area contributed by atoms with Crippen LogP contribution in [0.5, 0.6) is 0 Å². The van der Waals surface area contributed by atoms with Crippen molar-refractivity contribution in [2.24, 2.45) is 0 Å². The molecule has 1 heterocycles. The number of ether oxygens (including phenoxy) is 1. The van der Waals surface area contributed by atoms with E-state index < -0.39 is 6.04 Å². The van der Waals surface area contributed by atoms with Gasteiger partial charge in [-0.1, -0.05) is 18.5 Å². The first kappa shape index (κ1) is 15.7. The fourth-order valence-corrected chi connectivity index (χ4v) is 1.61. The maximum Gasteiger partial charge on any atom is 0.242 e. The molecule has 1 atom stereocenters. The van der Waals surface area contributed by atoms with Gasteiger partial charge in [-0.05, 0) is 6.92 Å². The number of rotatable bonds is 7. The monoisotopic (exact) mass is 286 g/mol. The van der Waals surface area contributed by atoms with Gasteiger partial charge in [0.1, 0.15) is 22.8 Å². The predicted molar refractivity (Wildman–Crippen MR) is 74.4 cm³/mol. The number of nitrogens with one attached hydrogen (secondary N) is 2. The van der Waals surface area contributed by atoms with Crippen LogP contribution in [0.15, 0.2) is 6.07 Å². The molecule has 1 aromatic rings. The number of halogens is 1. The average Bonchev–Trinajstić information content (AvgIpc) is 2.38. The van der Waals surface area contributed by atoms with Crippen LogP contribution in [-0.4, -0.2) is 42.2 Å². The summed E-state index contributed by atoms with van der Waals surface area (Å²) in [6, 6.07) is 1.19. The van der Waals surface area contributed by atoms with Crippen LogP contribution in [0.1, 0.15) is 19.7 Å². The fourth-order valence-electron chi connectivity index (χ4n) is 1.41.